The van der Waals surface area contributed by atoms with E-state index < -0.39 is 10.4 Å². The van der Waals surface area contributed by atoms with E-state index in [1.807, 2.05) is 0 Å². The molecule has 0 aliphatic rings. The van der Waals surface area contributed by atoms with Gasteiger partial charge in [-0.2, -0.15) is 0 Å². The van der Waals surface area contributed by atoms with Gasteiger partial charge in [-0.15, -0.1) is 0 Å². The smallest absolute Gasteiger partial charge is 2.00 e. The summed E-state index contributed by atoms with van der Waals surface area (Å²) in [6, 6.07) is 0. The molecule has 0 aliphatic carbocycles. The summed E-state index contributed by atoms with van der Waals surface area (Å²) in [6.07, 6.45) is 0. The van der Waals surface area contributed by atoms with Gasteiger partial charge in [-0.3, -0.25) is 8.42 Å². The summed E-state index contributed by atoms with van der Waals surface area (Å²) in [5.41, 5.74) is 0. The topological polar surface area (TPSA) is 109 Å². The Morgan fingerprint density at radius 1 is 1.00 bits per heavy atom. The van der Waals surface area contributed by atoms with Gasteiger partial charge in [0.05, 0.1) is 0 Å². The monoisotopic (exact) mass is 166 g/mol. The molecule has 0 radical (unpaired) electrons. The van der Waals surface area contributed by atoms with Crippen molar-refractivity contribution in [1.29, 1.82) is 0 Å². The Labute approximate surface area is 68.2 Å². The predicted octanol–water partition coefficient (Wildman–Crippen LogP) is -2.22. The molecule has 0 heterocycles. The molecular weight excluding hydrogens is 166 g/mol. The van der Waals surface area contributed by atoms with Gasteiger partial charge in [-0.1, -0.05) is 0 Å². The van der Waals surface area contributed by atoms with Crippen LogP contribution in [0.5, 0.6) is 0 Å². The molecule has 0 aliphatic heterocycles. The first-order valence-electron chi connectivity index (χ1n) is 0.667. The number of hydrogen-bond donors (Lipinski definition) is 0. The summed E-state index contributed by atoms with van der Waals surface area (Å²) in [7, 11) is -5.17. The van der Waals surface area contributed by atoms with Crippen molar-refractivity contribution in [2.45, 2.75) is 0 Å². The fourth-order valence-corrected chi connectivity index (χ4v) is 0. The molecule has 8 heavy (non-hydrogen) atoms. The van der Waals surface area contributed by atoms with Crippen LogP contribution in [0.1, 0.15) is 0 Å². The van der Waals surface area contributed by atoms with Crippen LogP contribution < -0.4 is 0 Å². The zero-order chi connectivity index (χ0) is 4.50. The minimum absolute atomic E-state index is 0. The molecule has 40 valence electrons. The van der Waals surface area contributed by atoms with Crippen molar-refractivity contribution < 1.29 is 23.0 Å². The molecule has 0 rings (SSSR count). The molecule has 0 N–H and O–H groups in total. The molecule has 0 aromatic carbocycles. The minimum atomic E-state index is -5.17. The van der Waals surface area contributed by atoms with Crippen LogP contribution in [-0.2, 0) is 15.9 Å². The normalized spacial score (nSPS) is 7.25. The van der Waals surface area contributed by atoms with E-state index in [0.29, 0.717) is 0 Å². The van der Waals surface area contributed by atoms with Gasteiger partial charge < -0.3 is 14.6 Å². The minimum Gasteiger partial charge on any atom is -2.00 e. The van der Waals surface area contributed by atoms with Gasteiger partial charge in [-0.25, -0.2) is 0 Å². The van der Waals surface area contributed by atoms with Crippen LogP contribution in [0.25, 0.3) is 0 Å². The van der Waals surface area contributed by atoms with Gasteiger partial charge in [0.25, 0.3) is 0 Å². The van der Waals surface area contributed by atoms with E-state index in [1.165, 1.54) is 0 Å². The quantitative estimate of drug-likeness (QED) is 0.230. The second-order valence-electron chi connectivity index (χ2n) is 0.408. The van der Waals surface area contributed by atoms with E-state index in [1.54, 1.807) is 0 Å². The van der Waals surface area contributed by atoms with Gasteiger partial charge in [-0.05, 0) is 0 Å². The molecule has 5 nitrogen and oxygen atoms in total. The second kappa shape index (κ2) is 7.89. The van der Waals surface area contributed by atoms with Crippen LogP contribution in [0.4, 0.5) is 0 Å². The van der Waals surface area contributed by atoms with Gasteiger partial charge in [0.15, 0.2) is 0 Å². The van der Waals surface area contributed by atoms with E-state index >= 15 is 0 Å². The third kappa shape index (κ3) is 299. The van der Waals surface area contributed by atoms with Crippen LogP contribution >= 0.6 is 0 Å². The van der Waals surface area contributed by atoms with Crippen molar-refractivity contribution >= 4 is 45.1 Å². The van der Waals surface area contributed by atoms with Crippen molar-refractivity contribution in [2.24, 2.45) is 0 Å². The third-order valence-electron chi connectivity index (χ3n) is 0. The van der Waals surface area contributed by atoms with E-state index in [9.17, 15) is 0 Å². The van der Waals surface area contributed by atoms with Crippen molar-refractivity contribution in [2.75, 3.05) is 0 Å². The van der Waals surface area contributed by atoms with Crippen LogP contribution in [0.3, 0.4) is 0 Å². The maximum atomic E-state index is 8.52. The SMILES string of the molecule is O=S(=O)([O-])[O-].[Al+3].[Al+3].[O-2]. The van der Waals surface area contributed by atoms with E-state index in [-0.39, 0.29) is 40.2 Å². The first kappa shape index (κ1) is 23.1. The molecule has 8 heteroatoms. The second-order valence-corrected chi connectivity index (χ2v) is 1.22. The Kier molecular flexibility index (Phi) is 22.8. The first-order valence-corrected chi connectivity index (χ1v) is 2.00. The average molecular weight is 166 g/mol. The Bertz CT molecular complexity index is 93.6. The van der Waals surface area contributed by atoms with Crippen LogP contribution in [0.2, 0.25) is 0 Å². The van der Waals surface area contributed by atoms with Gasteiger partial charge >= 0.3 is 34.7 Å². The Hall–Kier alpha value is 0.895. The summed E-state index contributed by atoms with van der Waals surface area (Å²) in [5, 5.41) is 0. The molecule has 0 amide bonds. The molecule has 0 fully saturated rings. The molecule has 0 spiro atoms. The standard InChI is InChI=1S/2Al.H2O4S.O/c;;1-5(2,3)4;/h;;(H2,1,2,3,4);/q2*+3;;-2/p-2. The fourth-order valence-electron chi connectivity index (χ4n) is 0. The van der Waals surface area contributed by atoms with E-state index in [0.717, 1.165) is 0 Å². The summed E-state index contributed by atoms with van der Waals surface area (Å²) in [5.74, 6) is 0. The van der Waals surface area contributed by atoms with E-state index in [4.69, 9.17) is 17.5 Å². The van der Waals surface area contributed by atoms with Gasteiger partial charge in [0.2, 0.25) is 0 Å². The molecule has 0 bridgehead atoms. The summed E-state index contributed by atoms with van der Waals surface area (Å²) >= 11 is 0. The van der Waals surface area contributed by atoms with Crippen molar-refractivity contribution in [3.63, 3.8) is 0 Å². The molecule has 0 saturated heterocycles. The van der Waals surface area contributed by atoms with Crippen molar-refractivity contribution in [1.82, 2.24) is 0 Å². The summed E-state index contributed by atoms with van der Waals surface area (Å²) in [4.78, 5) is 0. The predicted molar refractivity (Wildman–Crippen MR) is 22.7 cm³/mol. The van der Waals surface area contributed by atoms with Gasteiger partial charge in [0, 0.05) is 10.4 Å². The van der Waals surface area contributed by atoms with Gasteiger partial charge in [0.1, 0.15) is 0 Å². The largest absolute Gasteiger partial charge is 3.00 e. The molecule has 0 aromatic rings. The molecule has 0 saturated carbocycles. The molecule has 0 atom stereocenters. The zero-order valence-electron chi connectivity index (χ0n) is 3.60. The molecular formula is Al2O5S+2. The molecule has 0 aromatic heterocycles. The number of rotatable bonds is 0. The van der Waals surface area contributed by atoms with E-state index in [2.05, 4.69) is 0 Å². The van der Waals surface area contributed by atoms with Crippen molar-refractivity contribution in [3.05, 3.63) is 0 Å². The number of hydrogen-bond acceptors (Lipinski definition) is 4. The Morgan fingerprint density at radius 3 is 1.00 bits per heavy atom. The first-order chi connectivity index (χ1) is 2.00. The van der Waals surface area contributed by atoms with Crippen LogP contribution in [-0.4, -0.2) is 52.2 Å². The Balaban J connectivity index is -0.0000000267. The zero-order valence-corrected chi connectivity index (χ0v) is 6.73. The fraction of sp³-hybridized carbons (Fsp3) is 0. The van der Waals surface area contributed by atoms with Crippen molar-refractivity contribution in [3.8, 4) is 0 Å². The molecule has 0 unspecified atom stereocenters. The van der Waals surface area contributed by atoms with Crippen LogP contribution in [0, 0.1) is 0 Å². The maximum absolute atomic E-state index is 8.52. The Morgan fingerprint density at radius 2 is 1.00 bits per heavy atom. The average Bonchev–Trinajstić information content (AvgIpc) is 0.722. The maximum Gasteiger partial charge on any atom is 3.00 e. The van der Waals surface area contributed by atoms with Crippen LogP contribution in [0.15, 0.2) is 0 Å². The summed E-state index contributed by atoms with van der Waals surface area (Å²) < 4.78 is 34.1. The summed E-state index contributed by atoms with van der Waals surface area (Å²) in [6.45, 7) is 0. The third-order valence-corrected chi connectivity index (χ3v) is 0.